The van der Waals surface area contributed by atoms with E-state index in [4.69, 9.17) is 4.52 Å². The summed E-state index contributed by atoms with van der Waals surface area (Å²) in [5.41, 5.74) is 1.09. The quantitative estimate of drug-likeness (QED) is 0.901. The summed E-state index contributed by atoms with van der Waals surface area (Å²) in [4.78, 5) is 29.8. The first-order valence-electron chi connectivity index (χ1n) is 7.03. The summed E-state index contributed by atoms with van der Waals surface area (Å²) in [6, 6.07) is 7.14. The van der Waals surface area contributed by atoms with Gasteiger partial charge in [0, 0.05) is 25.4 Å². The number of carbonyl (C=O) groups is 2. The van der Waals surface area contributed by atoms with E-state index < -0.39 is 0 Å². The first kappa shape index (κ1) is 14.2. The topological polar surface area (TPSA) is 88.3 Å². The second kappa shape index (κ2) is 5.97. The molecule has 7 nitrogen and oxygen atoms in total. The van der Waals surface area contributed by atoms with E-state index in [9.17, 15) is 9.59 Å². The van der Waals surface area contributed by atoms with E-state index in [1.54, 1.807) is 24.1 Å². The molecule has 1 aliphatic heterocycles. The van der Waals surface area contributed by atoms with Crippen molar-refractivity contribution in [3.8, 4) is 0 Å². The molecule has 0 aromatic carbocycles. The lowest BCUT2D eigenvalue weighted by Crippen LogP contribution is -2.55. The Morgan fingerprint density at radius 3 is 2.86 bits per heavy atom. The largest absolute Gasteiger partial charge is 0.361 e. The van der Waals surface area contributed by atoms with Crippen LogP contribution in [0.25, 0.3) is 0 Å². The van der Waals surface area contributed by atoms with Crippen LogP contribution in [-0.2, 0) is 11.3 Å². The predicted octanol–water partition coefficient (Wildman–Crippen LogP) is 0.766. The van der Waals surface area contributed by atoms with Gasteiger partial charge in [-0.2, -0.15) is 0 Å². The summed E-state index contributed by atoms with van der Waals surface area (Å²) < 4.78 is 4.88. The first-order valence-corrected chi connectivity index (χ1v) is 7.03. The van der Waals surface area contributed by atoms with Gasteiger partial charge in [0.1, 0.15) is 5.76 Å². The summed E-state index contributed by atoms with van der Waals surface area (Å²) in [7, 11) is 0. The molecule has 1 saturated heterocycles. The van der Waals surface area contributed by atoms with Crippen LogP contribution in [0.3, 0.4) is 0 Å². The maximum absolute atomic E-state index is 12.0. The molecule has 0 atom stereocenters. The molecule has 1 aliphatic rings. The third kappa shape index (κ3) is 2.98. The maximum atomic E-state index is 12.0. The molecular formula is C15H16N4O3. The second-order valence-corrected chi connectivity index (χ2v) is 5.27. The zero-order chi connectivity index (χ0) is 15.5. The Hall–Kier alpha value is -2.70. The molecule has 2 aromatic rings. The highest BCUT2D eigenvalue weighted by atomic mass is 16.5. The number of hydrogen-bond donors (Lipinski definition) is 1. The molecule has 1 N–H and O–H groups in total. The summed E-state index contributed by atoms with van der Waals surface area (Å²) in [5, 5.41) is 6.52. The SMILES string of the molecule is Cc1cc(C(=O)N2CC(C(=O)NCc3ccccn3)C2)no1. The Bertz CT molecular complexity index is 677. The Kier molecular flexibility index (Phi) is 3.86. The van der Waals surface area contributed by atoms with Crippen molar-refractivity contribution in [2.45, 2.75) is 13.5 Å². The number of pyridine rings is 1. The molecule has 3 heterocycles. The number of carbonyl (C=O) groups excluding carboxylic acids is 2. The van der Waals surface area contributed by atoms with Crippen molar-refractivity contribution in [1.82, 2.24) is 20.4 Å². The van der Waals surface area contributed by atoms with Crippen molar-refractivity contribution in [3.63, 3.8) is 0 Å². The van der Waals surface area contributed by atoms with Crippen molar-refractivity contribution in [2.24, 2.45) is 5.92 Å². The summed E-state index contributed by atoms with van der Waals surface area (Å²) in [5.74, 6) is 0.144. The van der Waals surface area contributed by atoms with Crippen LogP contribution >= 0.6 is 0 Å². The molecule has 0 aliphatic carbocycles. The van der Waals surface area contributed by atoms with E-state index in [1.807, 2.05) is 18.2 Å². The van der Waals surface area contributed by atoms with Crippen molar-refractivity contribution in [1.29, 1.82) is 0 Å². The number of likely N-dealkylation sites (tertiary alicyclic amines) is 1. The zero-order valence-electron chi connectivity index (χ0n) is 12.2. The van der Waals surface area contributed by atoms with Gasteiger partial charge in [0.15, 0.2) is 5.69 Å². The highest BCUT2D eigenvalue weighted by Crippen LogP contribution is 2.19. The number of aryl methyl sites for hydroxylation is 1. The molecule has 2 aromatic heterocycles. The fourth-order valence-corrected chi connectivity index (χ4v) is 2.26. The van der Waals surface area contributed by atoms with Gasteiger partial charge in [0.25, 0.3) is 5.91 Å². The number of rotatable bonds is 4. The van der Waals surface area contributed by atoms with Crippen molar-refractivity contribution in [3.05, 3.63) is 47.6 Å². The third-order valence-corrected chi connectivity index (χ3v) is 3.56. The molecule has 0 unspecified atom stereocenters. The molecule has 7 heteroatoms. The molecule has 22 heavy (non-hydrogen) atoms. The number of amides is 2. The van der Waals surface area contributed by atoms with Crippen LogP contribution in [0.5, 0.6) is 0 Å². The van der Waals surface area contributed by atoms with Crippen LogP contribution in [-0.4, -0.2) is 39.9 Å². The minimum absolute atomic E-state index is 0.0639. The van der Waals surface area contributed by atoms with Gasteiger partial charge in [0.05, 0.1) is 18.2 Å². The second-order valence-electron chi connectivity index (χ2n) is 5.27. The van der Waals surface area contributed by atoms with E-state index >= 15 is 0 Å². The minimum atomic E-state index is -0.203. The summed E-state index contributed by atoms with van der Waals surface area (Å²) >= 11 is 0. The fourth-order valence-electron chi connectivity index (χ4n) is 2.26. The number of nitrogens with one attached hydrogen (secondary N) is 1. The predicted molar refractivity (Wildman–Crippen MR) is 76.7 cm³/mol. The fraction of sp³-hybridized carbons (Fsp3) is 0.333. The van der Waals surface area contributed by atoms with E-state index in [2.05, 4.69) is 15.5 Å². The molecule has 2 amide bonds. The Morgan fingerprint density at radius 2 is 2.23 bits per heavy atom. The average Bonchev–Trinajstić information content (AvgIpc) is 2.91. The minimum Gasteiger partial charge on any atom is -0.361 e. The van der Waals surface area contributed by atoms with Crippen LogP contribution in [0.1, 0.15) is 21.9 Å². The van der Waals surface area contributed by atoms with Gasteiger partial charge in [-0.3, -0.25) is 14.6 Å². The number of nitrogens with zero attached hydrogens (tertiary/aromatic N) is 3. The van der Waals surface area contributed by atoms with Gasteiger partial charge < -0.3 is 14.7 Å². The summed E-state index contributed by atoms with van der Waals surface area (Å²) in [6.45, 7) is 2.93. The van der Waals surface area contributed by atoms with Gasteiger partial charge in [0.2, 0.25) is 5.91 Å². The molecule has 0 radical (unpaired) electrons. The molecule has 114 valence electrons. The van der Waals surface area contributed by atoms with Crippen molar-refractivity contribution >= 4 is 11.8 Å². The standard InChI is InChI=1S/C15H16N4O3/c1-10-6-13(18-22-10)15(21)19-8-11(9-19)14(20)17-7-12-4-2-3-5-16-12/h2-6,11H,7-9H2,1H3,(H,17,20). The van der Waals surface area contributed by atoms with Crippen LogP contribution < -0.4 is 5.32 Å². The van der Waals surface area contributed by atoms with Crippen LogP contribution in [0.4, 0.5) is 0 Å². The van der Waals surface area contributed by atoms with E-state index in [0.717, 1.165) is 5.69 Å². The highest BCUT2D eigenvalue weighted by Gasteiger charge is 2.36. The number of aromatic nitrogens is 2. The average molecular weight is 300 g/mol. The lowest BCUT2D eigenvalue weighted by Gasteiger charge is -2.37. The Labute approximate surface area is 127 Å². The highest BCUT2D eigenvalue weighted by molar-refractivity contribution is 5.94. The Balaban J connectivity index is 1.46. The molecule has 0 saturated carbocycles. The van der Waals surface area contributed by atoms with Gasteiger partial charge in [-0.15, -0.1) is 0 Å². The van der Waals surface area contributed by atoms with Gasteiger partial charge >= 0.3 is 0 Å². The zero-order valence-corrected chi connectivity index (χ0v) is 12.2. The lowest BCUT2D eigenvalue weighted by molar-refractivity contribution is -0.129. The first-order chi connectivity index (χ1) is 10.6. The molecule has 0 bridgehead atoms. The summed E-state index contributed by atoms with van der Waals surface area (Å²) in [6.07, 6.45) is 1.69. The van der Waals surface area contributed by atoms with Crippen LogP contribution in [0, 0.1) is 12.8 Å². The van der Waals surface area contributed by atoms with Crippen molar-refractivity contribution < 1.29 is 14.1 Å². The van der Waals surface area contributed by atoms with Gasteiger partial charge in [-0.05, 0) is 19.1 Å². The smallest absolute Gasteiger partial charge is 0.276 e. The van der Waals surface area contributed by atoms with E-state index in [1.165, 1.54) is 0 Å². The molecule has 3 rings (SSSR count). The molecule has 0 spiro atoms. The van der Waals surface area contributed by atoms with Crippen LogP contribution in [0.2, 0.25) is 0 Å². The third-order valence-electron chi connectivity index (χ3n) is 3.56. The Morgan fingerprint density at radius 1 is 1.41 bits per heavy atom. The maximum Gasteiger partial charge on any atom is 0.276 e. The van der Waals surface area contributed by atoms with Crippen molar-refractivity contribution in [2.75, 3.05) is 13.1 Å². The number of hydrogen-bond acceptors (Lipinski definition) is 5. The molecular weight excluding hydrogens is 284 g/mol. The normalized spacial score (nSPS) is 14.5. The van der Waals surface area contributed by atoms with Gasteiger partial charge in [-0.1, -0.05) is 11.2 Å². The van der Waals surface area contributed by atoms with E-state index in [0.29, 0.717) is 25.4 Å². The van der Waals surface area contributed by atoms with E-state index in [-0.39, 0.29) is 23.4 Å². The monoisotopic (exact) mass is 300 g/mol. The lowest BCUT2D eigenvalue weighted by atomic mass is 9.98. The van der Waals surface area contributed by atoms with Gasteiger partial charge in [-0.25, -0.2) is 0 Å². The molecule has 1 fully saturated rings. The van der Waals surface area contributed by atoms with Crippen LogP contribution in [0.15, 0.2) is 35.0 Å².